The number of pyridine rings is 1. The second kappa shape index (κ2) is 6.95. The normalized spacial score (nSPS) is 20.1. The van der Waals surface area contributed by atoms with Crippen LogP contribution in [0.15, 0.2) is 35.5 Å². The first-order chi connectivity index (χ1) is 12.5. The number of aromatic amines is 1. The molecule has 0 radical (unpaired) electrons. The molecule has 0 spiro atoms. The standard InChI is InChI=1S/C19H25N5OS/c1-14(26-17-5-3-4-8-20-17)18(25)24-11-9-23(10-12-24)16-13-15(21-22-16)19(2)6-7-19/h3-5,8,13-14H,6-7,9-12H2,1-2H3,(H,21,22)/t14-/m0/s1. The third-order valence-corrected chi connectivity index (χ3v) is 6.45. The molecule has 6 nitrogen and oxygen atoms in total. The number of carbonyl (C=O) groups excluding carboxylic acids is 1. The van der Waals surface area contributed by atoms with Gasteiger partial charge in [0, 0.05) is 49.6 Å². The molecule has 7 heteroatoms. The first-order valence-corrected chi connectivity index (χ1v) is 10.1. The number of nitrogens with zero attached hydrogens (tertiary/aromatic N) is 4. The summed E-state index contributed by atoms with van der Waals surface area (Å²) in [4.78, 5) is 21.3. The maximum atomic E-state index is 12.7. The Hall–Kier alpha value is -2.02. The predicted octanol–water partition coefficient (Wildman–Crippen LogP) is 2.69. The average Bonchev–Trinajstić information content (AvgIpc) is 3.22. The summed E-state index contributed by atoms with van der Waals surface area (Å²) < 4.78 is 0. The molecular weight excluding hydrogens is 346 g/mol. The number of anilines is 1. The highest BCUT2D eigenvalue weighted by Gasteiger charge is 2.41. The van der Waals surface area contributed by atoms with Crippen molar-refractivity contribution in [2.24, 2.45) is 0 Å². The van der Waals surface area contributed by atoms with Crippen LogP contribution in [0, 0.1) is 0 Å². The quantitative estimate of drug-likeness (QED) is 0.819. The Morgan fingerprint density at radius 3 is 2.69 bits per heavy atom. The Morgan fingerprint density at radius 1 is 1.27 bits per heavy atom. The van der Waals surface area contributed by atoms with E-state index in [4.69, 9.17) is 0 Å². The molecule has 138 valence electrons. The van der Waals surface area contributed by atoms with Gasteiger partial charge in [0.25, 0.3) is 0 Å². The second-order valence-electron chi connectivity index (χ2n) is 7.44. The zero-order valence-electron chi connectivity index (χ0n) is 15.3. The molecule has 2 fully saturated rings. The monoisotopic (exact) mass is 371 g/mol. The molecule has 1 saturated heterocycles. The maximum Gasteiger partial charge on any atom is 0.235 e. The van der Waals surface area contributed by atoms with Crippen LogP contribution in [0.2, 0.25) is 0 Å². The van der Waals surface area contributed by atoms with E-state index in [1.54, 1.807) is 6.20 Å². The number of amides is 1. The van der Waals surface area contributed by atoms with Crippen LogP contribution in [0.25, 0.3) is 0 Å². The number of thioether (sulfide) groups is 1. The number of rotatable bonds is 5. The van der Waals surface area contributed by atoms with Crippen LogP contribution in [-0.4, -0.2) is 57.4 Å². The van der Waals surface area contributed by atoms with E-state index in [-0.39, 0.29) is 11.2 Å². The van der Waals surface area contributed by atoms with Crippen LogP contribution >= 0.6 is 11.8 Å². The summed E-state index contributed by atoms with van der Waals surface area (Å²) in [6, 6.07) is 7.97. The van der Waals surface area contributed by atoms with Gasteiger partial charge in [-0.3, -0.25) is 9.89 Å². The molecule has 3 heterocycles. The Labute approximate surface area is 158 Å². The number of piperazine rings is 1. The molecule has 0 bridgehead atoms. The summed E-state index contributed by atoms with van der Waals surface area (Å²) >= 11 is 1.52. The molecule has 1 aliphatic heterocycles. The molecule has 26 heavy (non-hydrogen) atoms. The van der Waals surface area contributed by atoms with Crippen molar-refractivity contribution in [1.82, 2.24) is 20.1 Å². The number of carbonyl (C=O) groups is 1. The minimum Gasteiger partial charge on any atom is -0.352 e. The van der Waals surface area contributed by atoms with E-state index in [9.17, 15) is 4.79 Å². The highest BCUT2D eigenvalue weighted by atomic mass is 32.2. The first kappa shape index (κ1) is 17.4. The highest BCUT2D eigenvalue weighted by Crippen LogP contribution is 2.47. The first-order valence-electron chi connectivity index (χ1n) is 9.22. The molecule has 1 atom stereocenters. The van der Waals surface area contributed by atoms with E-state index < -0.39 is 0 Å². The molecule has 1 amide bonds. The molecule has 2 aromatic rings. The summed E-state index contributed by atoms with van der Waals surface area (Å²) in [7, 11) is 0. The van der Waals surface area contributed by atoms with Crippen LogP contribution in [-0.2, 0) is 10.2 Å². The van der Waals surface area contributed by atoms with Gasteiger partial charge in [-0.2, -0.15) is 5.10 Å². The van der Waals surface area contributed by atoms with Crippen LogP contribution in [0.5, 0.6) is 0 Å². The summed E-state index contributed by atoms with van der Waals surface area (Å²) in [5, 5.41) is 8.47. The summed E-state index contributed by atoms with van der Waals surface area (Å²) in [6.07, 6.45) is 4.24. The van der Waals surface area contributed by atoms with E-state index in [1.807, 2.05) is 30.0 Å². The zero-order valence-corrected chi connectivity index (χ0v) is 16.1. The maximum absolute atomic E-state index is 12.7. The molecule has 2 aromatic heterocycles. The molecule has 1 saturated carbocycles. The van der Waals surface area contributed by atoms with Crippen molar-refractivity contribution in [3.63, 3.8) is 0 Å². The Kier molecular flexibility index (Phi) is 4.65. The second-order valence-corrected chi connectivity index (χ2v) is 8.80. The fourth-order valence-electron chi connectivity index (χ4n) is 3.30. The van der Waals surface area contributed by atoms with Gasteiger partial charge < -0.3 is 9.80 Å². The zero-order chi connectivity index (χ0) is 18.1. The fraction of sp³-hybridized carbons (Fsp3) is 0.526. The van der Waals surface area contributed by atoms with Gasteiger partial charge in [-0.1, -0.05) is 24.8 Å². The number of aromatic nitrogens is 3. The smallest absolute Gasteiger partial charge is 0.235 e. The van der Waals surface area contributed by atoms with Crippen molar-refractivity contribution < 1.29 is 4.79 Å². The topological polar surface area (TPSA) is 65.1 Å². The van der Waals surface area contributed by atoms with Crippen molar-refractivity contribution in [2.75, 3.05) is 31.1 Å². The van der Waals surface area contributed by atoms with Gasteiger partial charge in [0.05, 0.1) is 10.3 Å². The van der Waals surface area contributed by atoms with Gasteiger partial charge in [-0.15, -0.1) is 0 Å². The molecule has 1 aliphatic carbocycles. The number of H-pyrrole nitrogens is 1. The van der Waals surface area contributed by atoms with Crippen molar-refractivity contribution in [3.05, 3.63) is 36.2 Å². The largest absolute Gasteiger partial charge is 0.352 e. The Morgan fingerprint density at radius 2 is 2.04 bits per heavy atom. The van der Waals surface area contributed by atoms with Gasteiger partial charge in [-0.05, 0) is 31.9 Å². The molecular formula is C19H25N5OS. The Bertz CT molecular complexity index is 765. The lowest BCUT2D eigenvalue weighted by atomic mass is 10.1. The lowest BCUT2D eigenvalue weighted by molar-refractivity contribution is -0.130. The third-order valence-electron chi connectivity index (χ3n) is 5.41. The fourth-order valence-corrected chi connectivity index (χ4v) is 4.19. The van der Waals surface area contributed by atoms with Crippen molar-refractivity contribution in [1.29, 1.82) is 0 Å². The minimum atomic E-state index is -0.122. The minimum absolute atomic E-state index is 0.122. The molecule has 4 rings (SSSR count). The highest BCUT2D eigenvalue weighted by molar-refractivity contribution is 8.00. The van der Waals surface area contributed by atoms with E-state index in [0.29, 0.717) is 5.41 Å². The van der Waals surface area contributed by atoms with Gasteiger partial charge in [0.2, 0.25) is 5.91 Å². The summed E-state index contributed by atoms with van der Waals surface area (Å²) in [6.45, 7) is 7.38. The lowest BCUT2D eigenvalue weighted by Gasteiger charge is -2.35. The summed E-state index contributed by atoms with van der Waals surface area (Å²) in [5.74, 6) is 1.20. The van der Waals surface area contributed by atoms with E-state index in [2.05, 4.69) is 33.1 Å². The van der Waals surface area contributed by atoms with E-state index in [0.717, 1.165) is 37.0 Å². The van der Waals surface area contributed by atoms with Crippen LogP contribution in [0.1, 0.15) is 32.4 Å². The van der Waals surface area contributed by atoms with E-state index >= 15 is 0 Å². The third kappa shape index (κ3) is 3.58. The lowest BCUT2D eigenvalue weighted by Crippen LogP contribution is -2.50. The molecule has 1 N–H and O–H groups in total. The average molecular weight is 372 g/mol. The number of hydrogen-bond donors (Lipinski definition) is 1. The SMILES string of the molecule is C[C@H](Sc1ccccn1)C(=O)N1CCN(c2cc(C3(C)CC3)[nH]n2)CC1. The summed E-state index contributed by atoms with van der Waals surface area (Å²) in [5.41, 5.74) is 1.55. The van der Waals surface area contributed by atoms with Crippen LogP contribution in [0.4, 0.5) is 5.82 Å². The number of nitrogens with one attached hydrogen (secondary N) is 1. The number of hydrogen-bond acceptors (Lipinski definition) is 5. The van der Waals surface area contributed by atoms with Gasteiger partial charge in [0.1, 0.15) is 0 Å². The van der Waals surface area contributed by atoms with Gasteiger partial charge in [-0.25, -0.2) is 4.98 Å². The van der Waals surface area contributed by atoms with E-state index in [1.165, 1.54) is 30.3 Å². The van der Waals surface area contributed by atoms with Crippen molar-refractivity contribution in [3.8, 4) is 0 Å². The predicted molar refractivity (Wildman–Crippen MR) is 104 cm³/mol. The van der Waals surface area contributed by atoms with Crippen LogP contribution in [0.3, 0.4) is 0 Å². The van der Waals surface area contributed by atoms with Crippen molar-refractivity contribution >= 4 is 23.5 Å². The molecule has 2 aliphatic rings. The Balaban J connectivity index is 1.31. The van der Waals surface area contributed by atoms with Crippen LogP contribution < -0.4 is 4.90 Å². The van der Waals surface area contributed by atoms with Crippen molar-refractivity contribution in [2.45, 2.75) is 42.4 Å². The molecule has 0 aromatic carbocycles. The molecule has 0 unspecified atom stereocenters. The van der Waals surface area contributed by atoms with Gasteiger partial charge >= 0.3 is 0 Å². The van der Waals surface area contributed by atoms with Gasteiger partial charge in [0.15, 0.2) is 5.82 Å².